The van der Waals surface area contributed by atoms with Gasteiger partial charge in [0.05, 0.1) is 4.88 Å². The van der Waals surface area contributed by atoms with E-state index in [-0.39, 0.29) is 5.95 Å². The lowest BCUT2D eigenvalue weighted by Gasteiger charge is -2.37. The molecule has 0 amide bonds. The molecule has 0 spiro atoms. The van der Waals surface area contributed by atoms with Crippen LogP contribution in [0.2, 0.25) is 0 Å². The molecule has 0 atom stereocenters. The van der Waals surface area contributed by atoms with Crippen LogP contribution in [0.15, 0.2) is 36.7 Å². The van der Waals surface area contributed by atoms with E-state index in [1.165, 1.54) is 24.2 Å². The number of halogens is 3. The number of hydrogen-bond donors (Lipinski definition) is 2. The van der Waals surface area contributed by atoms with Gasteiger partial charge in [-0.25, -0.2) is 15.0 Å². The number of likely N-dealkylation sites (tertiary alicyclic amines) is 1. The Bertz CT molecular complexity index is 1150. The quantitative estimate of drug-likeness (QED) is 0.534. The number of alkyl halides is 3. The highest BCUT2D eigenvalue weighted by atomic mass is 32.1. The minimum atomic E-state index is -4.54. The van der Waals surface area contributed by atoms with Crippen LogP contribution in [0.4, 0.5) is 24.8 Å². The molecule has 33 heavy (non-hydrogen) atoms. The highest BCUT2D eigenvalue weighted by molar-refractivity contribution is 7.15. The van der Waals surface area contributed by atoms with Gasteiger partial charge in [-0.15, -0.1) is 11.3 Å². The molecular formula is C23H24F3N5OS. The molecular weight excluding hydrogens is 451 g/mol. The third-order valence-corrected chi connectivity index (χ3v) is 7.40. The molecule has 5 rings (SSSR count). The second kappa shape index (κ2) is 8.34. The normalized spacial score (nSPS) is 18.9. The SMILES string of the molecule is Cc1cc(Nc2nccc(C(F)(F)F)n2)cc(-c2cnc(C3(O)CCN(C4CC4)CC3)s2)c1. The van der Waals surface area contributed by atoms with Crippen LogP contribution in [0.5, 0.6) is 0 Å². The summed E-state index contributed by atoms with van der Waals surface area (Å²) in [5.41, 5.74) is 0.461. The van der Waals surface area contributed by atoms with Gasteiger partial charge in [-0.2, -0.15) is 13.2 Å². The molecule has 2 fully saturated rings. The minimum absolute atomic E-state index is 0.122. The Morgan fingerprint density at radius 1 is 1.15 bits per heavy atom. The molecule has 174 valence electrons. The van der Waals surface area contributed by atoms with Gasteiger partial charge in [0.2, 0.25) is 5.95 Å². The van der Waals surface area contributed by atoms with E-state index in [2.05, 4.69) is 25.2 Å². The van der Waals surface area contributed by atoms with E-state index in [1.807, 2.05) is 25.1 Å². The summed E-state index contributed by atoms with van der Waals surface area (Å²) in [6.45, 7) is 3.67. The van der Waals surface area contributed by atoms with Crippen molar-refractivity contribution < 1.29 is 18.3 Å². The van der Waals surface area contributed by atoms with E-state index in [1.54, 1.807) is 6.20 Å². The van der Waals surface area contributed by atoms with Crippen molar-refractivity contribution >= 4 is 23.0 Å². The number of nitrogens with zero attached hydrogens (tertiary/aromatic N) is 4. The van der Waals surface area contributed by atoms with Gasteiger partial charge in [0.15, 0.2) is 0 Å². The highest BCUT2D eigenvalue weighted by Gasteiger charge is 2.40. The summed E-state index contributed by atoms with van der Waals surface area (Å²) in [5.74, 6) is -0.122. The predicted molar refractivity (Wildman–Crippen MR) is 120 cm³/mol. The highest BCUT2D eigenvalue weighted by Crippen LogP contribution is 2.41. The third-order valence-electron chi connectivity index (χ3n) is 6.16. The van der Waals surface area contributed by atoms with Gasteiger partial charge in [0.1, 0.15) is 16.3 Å². The number of rotatable bonds is 5. The van der Waals surface area contributed by atoms with E-state index < -0.39 is 17.5 Å². The lowest BCUT2D eigenvalue weighted by molar-refractivity contribution is -0.141. The first-order valence-corrected chi connectivity index (χ1v) is 11.7. The smallest absolute Gasteiger partial charge is 0.383 e. The van der Waals surface area contributed by atoms with Crippen LogP contribution >= 0.6 is 11.3 Å². The summed E-state index contributed by atoms with van der Waals surface area (Å²) in [6, 6.07) is 7.16. The van der Waals surface area contributed by atoms with Gasteiger partial charge in [-0.1, -0.05) is 6.07 Å². The van der Waals surface area contributed by atoms with Crippen LogP contribution in [0.3, 0.4) is 0 Å². The maximum absolute atomic E-state index is 13.0. The molecule has 1 saturated carbocycles. The van der Waals surface area contributed by atoms with Crippen LogP contribution in [0.25, 0.3) is 10.4 Å². The Morgan fingerprint density at radius 2 is 1.91 bits per heavy atom. The number of anilines is 2. The van der Waals surface area contributed by atoms with Crippen LogP contribution in [0.1, 0.15) is 41.9 Å². The number of hydrogen-bond acceptors (Lipinski definition) is 7. The number of aromatic nitrogens is 3. The van der Waals surface area contributed by atoms with Crippen molar-refractivity contribution in [3.63, 3.8) is 0 Å². The molecule has 2 aromatic heterocycles. The van der Waals surface area contributed by atoms with Gasteiger partial charge in [0, 0.05) is 37.2 Å². The molecule has 1 aliphatic carbocycles. The number of piperidine rings is 1. The number of aliphatic hydroxyl groups is 1. The van der Waals surface area contributed by atoms with Crippen LogP contribution in [-0.2, 0) is 11.8 Å². The lowest BCUT2D eigenvalue weighted by Crippen LogP contribution is -2.43. The Labute approximate surface area is 193 Å². The molecule has 1 aromatic carbocycles. The van der Waals surface area contributed by atoms with E-state index in [9.17, 15) is 18.3 Å². The van der Waals surface area contributed by atoms with E-state index in [0.29, 0.717) is 29.6 Å². The summed E-state index contributed by atoms with van der Waals surface area (Å²) in [6.07, 6.45) is 2.16. The first kappa shape index (κ1) is 22.2. The molecule has 1 aliphatic heterocycles. The fraction of sp³-hybridized carbons (Fsp3) is 0.435. The summed E-state index contributed by atoms with van der Waals surface area (Å²) in [4.78, 5) is 15.4. The fourth-order valence-corrected chi connectivity index (χ4v) is 5.29. The summed E-state index contributed by atoms with van der Waals surface area (Å²) in [7, 11) is 0. The third kappa shape index (κ3) is 4.87. The number of nitrogens with one attached hydrogen (secondary N) is 1. The Balaban J connectivity index is 1.35. The summed E-state index contributed by atoms with van der Waals surface area (Å²) >= 11 is 1.46. The average Bonchev–Trinajstić information content (AvgIpc) is 3.48. The molecule has 3 aromatic rings. The van der Waals surface area contributed by atoms with Crippen molar-refractivity contribution in [3.8, 4) is 10.4 Å². The molecule has 0 unspecified atom stereocenters. The Morgan fingerprint density at radius 3 is 2.61 bits per heavy atom. The van der Waals surface area contributed by atoms with Crippen molar-refractivity contribution in [1.82, 2.24) is 19.9 Å². The van der Waals surface area contributed by atoms with Crippen molar-refractivity contribution in [2.75, 3.05) is 18.4 Å². The van der Waals surface area contributed by atoms with Crippen LogP contribution in [-0.4, -0.2) is 44.1 Å². The maximum Gasteiger partial charge on any atom is 0.433 e. The van der Waals surface area contributed by atoms with E-state index >= 15 is 0 Å². The van der Waals surface area contributed by atoms with E-state index in [4.69, 9.17) is 0 Å². The van der Waals surface area contributed by atoms with Crippen LogP contribution < -0.4 is 5.32 Å². The van der Waals surface area contributed by atoms with Gasteiger partial charge >= 0.3 is 6.18 Å². The molecule has 2 N–H and O–H groups in total. The Hall–Kier alpha value is -2.56. The first-order chi connectivity index (χ1) is 15.7. The second-order valence-electron chi connectivity index (χ2n) is 8.80. The van der Waals surface area contributed by atoms with Crippen molar-refractivity contribution in [1.29, 1.82) is 0 Å². The first-order valence-electron chi connectivity index (χ1n) is 10.9. The zero-order valence-corrected chi connectivity index (χ0v) is 18.9. The summed E-state index contributed by atoms with van der Waals surface area (Å²) < 4.78 is 38.9. The molecule has 0 radical (unpaired) electrons. The van der Waals surface area contributed by atoms with Gasteiger partial charge in [0.25, 0.3) is 0 Å². The zero-order valence-electron chi connectivity index (χ0n) is 18.1. The molecule has 10 heteroatoms. The molecule has 3 heterocycles. The number of thiazole rings is 1. The fourth-order valence-electron chi connectivity index (χ4n) is 4.24. The average molecular weight is 476 g/mol. The van der Waals surface area contributed by atoms with Crippen molar-refractivity contribution in [3.05, 3.63) is 52.9 Å². The van der Waals surface area contributed by atoms with Crippen LogP contribution in [0, 0.1) is 6.92 Å². The number of benzene rings is 1. The molecule has 0 bridgehead atoms. The van der Waals surface area contributed by atoms with Gasteiger partial charge < -0.3 is 15.3 Å². The lowest BCUT2D eigenvalue weighted by atomic mass is 9.92. The molecule has 1 saturated heterocycles. The van der Waals surface area contributed by atoms with Gasteiger partial charge in [-0.3, -0.25) is 0 Å². The second-order valence-corrected chi connectivity index (χ2v) is 9.84. The van der Waals surface area contributed by atoms with Gasteiger partial charge in [-0.05, 0) is 61.9 Å². The molecule has 2 aliphatic rings. The number of aryl methyl sites for hydroxylation is 1. The summed E-state index contributed by atoms with van der Waals surface area (Å²) in [5, 5.41) is 14.8. The minimum Gasteiger partial charge on any atom is -0.383 e. The standard InChI is InChI=1S/C23H24F3N5OS/c1-14-10-15(12-16(11-14)29-21-27-7-4-19(30-21)23(24,25)26)18-13-28-20(33-18)22(32)5-8-31(9-6-22)17-2-3-17/h4,7,10-13,17,32H,2-3,5-6,8-9H2,1H3,(H,27,29,30). The van der Waals surface area contributed by atoms with Crippen molar-refractivity contribution in [2.45, 2.75) is 50.4 Å². The van der Waals surface area contributed by atoms with Crippen molar-refractivity contribution in [2.24, 2.45) is 0 Å². The topological polar surface area (TPSA) is 74.2 Å². The zero-order chi connectivity index (χ0) is 23.2. The largest absolute Gasteiger partial charge is 0.433 e. The van der Waals surface area contributed by atoms with E-state index in [0.717, 1.165) is 41.4 Å². The maximum atomic E-state index is 13.0. The molecule has 6 nitrogen and oxygen atoms in total. The monoisotopic (exact) mass is 475 g/mol. The Kier molecular flexibility index (Phi) is 5.62. The predicted octanol–water partition coefficient (Wildman–Crippen LogP) is 5.12.